The lowest BCUT2D eigenvalue weighted by molar-refractivity contribution is 1.08. The maximum atomic E-state index is 11.0. The number of hydrogen-bond donors (Lipinski definition) is 0. The highest BCUT2D eigenvalue weighted by Crippen LogP contribution is 2.04. The first-order chi connectivity index (χ1) is 5.86. The van der Waals surface area contributed by atoms with E-state index in [1.54, 1.807) is 0 Å². The van der Waals surface area contributed by atoms with Crippen molar-refractivity contribution in [1.82, 2.24) is 10.2 Å². The number of hydrogen-bond acceptors (Lipinski definition) is 3. The van der Waals surface area contributed by atoms with Gasteiger partial charge in [-0.2, -0.15) is 10.2 Å². The van der Waals surface area contributed by atoms with Crippen LogP contribution in [0.3, 0.4) is 0 Å². The van der Waals surface area contributed by atoms with Crippen LogP contribution in [0, 0.1) is 0 Å². The minimum Gasteiger partial charge on any atom is -0.288 e. The normalized spacial score (nSPS) is 10.0. The Bertz CT molecular complexity index is 468. The van der Waals surface area contributed by atoms with E-state index in [9.17, 15) is 4.79 Å². The Morgan fingerprint density at radius 1 is 1.17 bits per heavy atom. The number of rotatable bonds is 0. The predicted octanol–water partition coefficient (Wildman–Crippen LogP) is 0.990. The lowest BCUT2D eigenvalue weighted by Crippen LogP contribution is -1.90. The fraction of sp³-hybridized carbons (Fsp3) is 0. The molecule has 0 radical (unpaired) electrons. The molecule has 0 aliphatic rings. The molecule has 58 valence electrons. The van der Waals surface area contributed by atoms with E-state index >= 15 is 0 Å². The quantitative estimate of drug-likeness (QED) is 0.574. The van der Waals surface area contributed by atoms with Crippen LogP contribution in [0.2, 0.25) is 0 Å². The standard InChI is InChI=1S/C9H6N2O/c12-8-5-7-3-1-2-4-9(7)11-10-6-8/h1-6H. The summed E-state index contributed by atoms with van der Waals surface area (Å²) < 4.78 is 0. The third-order valence-corrected chi connectivity index (χ3v) is 1.58. The average molecular weight is 158 g/mol. The van der Waals surface area contributed by atoms with Crippen molar-refractivity contribution in [3.63, 3.8) is 0 Å². The Labute approximate surface area is 68.7 Å². The summed E-state index contributed by atoms with van der Waals surface area (Å²) in [5.74, 6) is 0. The van der Waals surface area contributed by atoms with Crippen LogP contribution in [-0.4, -0.2) is 10.2 Å². The summed E-state index contributed by atoms with van der Waals surface area (Å²) in [5.41, 5.74) is 0.614. The molecular formula is C9H6N2O. The van der Waals surface area contributed by atoms with Gasteiger partial charge in [-0.05, 0) is 12.1 Å². The molecule has 3 nitrogen and oxygen atoms in total. The molecule has 3 heteroatoms. The topological polar surface area (TPSA) is 42.9 Å². The zero-order chi connectivity index (χ0) is 8.39. The minimum atomic E-state index is -0.122. The lowest BCUT2D eigenvalue weighted by Gasteiger charge is -1.85. The van der Waals surface area contributed by atoms with Crippen molar-refractivity contribution in [3.05, 3.63) is 46.8 Å². The van der Waals surface area contributed by atoms with E-state index < -0.39 is 0 Å². The Hall–Kier alpha value is -1.77. The summed E-state index contributed by atoms with van der Waals surface area (Å²) in [6.07, 6.45) is 1.21. The molecule has 0 amide bonds. The highest BCUT2D eigenvalue weighted by molar-refractivity contribution is 5.76. The molecule has 2 aromatic rings. The molecule has 0 bridgehead atoms. The molecule has 2 rings (SSSR count). The van der Waals surface area contributed by atoms with E-state index in [-0.39, 0.29) is 5.43 Å². The molecule has 0 aliphatic carbocycles. The van der Waals surface area contributed by atoms with Gasteiger partial charge in [0.2, 0.25) is 0 Å². The molecule has 0 spiro atoms. The van der Waals surface area contributed by atoms with Crippen LogP contribution in [0.25, 0.3) is 10.9 Å². The Kier molecular flexibility index (Phi) is 1.55. The molecule has 0 N–H and O–H groups in total. The van der Waals surface area contributed by atoms with E-state index in [0.29, 0.717) is 0 Å². The lowest BCUT2D eigenvalue weighted by atomic mass is 10.2. The number of fused-ring (bicyclic) bond motifs is 1. The van der Waals surface area contributed by atoms with Gasteiger partial charge in [-0.25, -0.2) is 0 Å². The van der Waals surface area contributed by atoms with Crippen LogP contribution in [0.4, 0.5) is 0 Å². The summed E-state index contributed by atoms with van der Waals surface area (Å²) >= 11 is 0. The molecule has 12 heavy (non-hydrogen) atoms. The van der Waals surface area contributed by atoms with E-state index in [0.717, 1.165) is 10.9 Å². The fourth-order valence-corrected chi connectivity index (χ4v) is 1.04. The Balaban J connectivity index is 2.98. The summed E-state index contributed by atoms with van der Waals surface area (Å²) in [6, 6.07) is 8.91. The highest BCUT2D eigenvalue weighted by Gasteiger charge is 1.90. The van der Waals surface area contributed by atoms with Gasteiger partial charge < -0.3 is 0 Å². The molecule has 0 saturated carbocycles. The summed E-state index contributed by atoms with van der Waals surface area (Å²) in [5, 5.41) is 8.29. The van der Waals surface area contributed by atoms with E-state index in [1.165, 1.54) is 12.3 Å². The molecule has 0 unspecified atom stereocenters. The second-order valence-electron chi connectivity index (χ2n) is 2.45. The van der Waals surface area contributed by atoms with Gasteiger partial charge in [0, 0.05) is 5.39 Å². The molecular weight excluding hydrogens is 152 g/mol. The van der Waals surface area contributed by atoms with Gasteiger partial charge >= 0.3 is 0 Å². The van der Waals surface area contributed by atoms with Crippen molar-refractivity contribution in [2.24, 2.45) is 0 Å². The van der Waals surface area contributed by atoms with Crippen molar-refractivity contribution in [2.75, 3.05) is 0 Å². The molecule has 1 heterocycles. The first kappa shape index (κ1) is 6.91. The Morgan fingerprint density at radius 3 is 2.92 bits per heavy atom. The van der Waals surface area contributed by atoms with Crippen LogP contribution in [0.5, 0.6) is 0 Å². The SMILES string of the molecule is O=c1cnnc2ccccc2c1. The zero-order valence-electron chi connectivity index (χ0n) is 6.27. The molecule has 0 saturated heterocycles. The molecule has 1 aromatic carbocycles. The van der Waals surface area contributed by atoms with Crippen LogP contribution in [0.15, 0.2) is 41.3 Å². The minimum absolute atomic E-state index is 0.122. The first-order valence-corrected chi connectivity index (χ1v) is 3.58. The van der Waals surface area contributed by atoms with Gasteiger partial charge in [0.05, 0.1) is 11.7 Å². The zero-order valence-corrected chi connectivity index (χ0v) is 6.27. The highest BCUT2D eigenvalue weighted by atomic mass is 16.1. The fourth-order valence-electron chi connectivity index (χ4n) is 1.04. The third kappa shape index (κ3) is 1.16. The van der Waals surface area contributed by atoms with Gasteiger partial charge in [0.15, 0.2) is 5.43 Å². The molecule has 0 aliphatic heterocycles. The summed E-state index contributed by atoms with van der Waals surface area (Å²) in [4.78, 5) is 11.0. The Morgan fingerprint density at radius 2 is 2.00 bits per heavy atom. The van der Waals surface area contributed by atoms with Crippen LogP contribution in [0.1, 0.15) is 0 Å². The van der Waals surface area contributed by atoms with E-state index in [2.05, 4.69) is 10.2 Å². The summed E-state index contributed by atoms with van der Waals surface area (Å²) in [6.45, 7) is 0. The van der Waals surface area contributed by atoms with Crippen LogP contribution in [-0.2, 0) is 0 Å². The molecule has 0 fully saturated rings. The predicted molar refractivity (Wildman–Crippen MR) is 45.8 cm³/mol. The largest absolute Gasteiger partial charge is 0.288 e. The molecule has 0 atom stereocenters. The van der Waals surface area contributed by atoms with Gasteiger partial charge in [-0.15, -0.1) is 0 Å². The van der Waals surface area contributed by atoms with Crippen LogP contribution >= 0.6 is 0 Å². The van der Waals surface area contributed by atoms with Gasteiger partial charge in [-0.3, -0.25) is 4.79 Å². The van der Waals surface area contributed by atoms with Crippen molar-refractivity contribution < 1.29 is 0 Å². The van der Waals surface area contributed by atoms with E-state index in [1.807, 2.05) is 24.3 Å². The maximum Gasteiger partial charge on any atom is 0.199 e. The average Bonchev–Trinajstić information content (AvgIpc) is 2.25. The monoisotopic (exact) mass is 158 g/mol. The van der Waals surface area contributed by atoms with Crippen molar-refractivity contribution in [1.29, 1.82) is 0 Å². The van der Waals surface area contributed by atoms with Gasteiger partial charge in [0.1, 0.15) is 0 Å². The number of aromatic nitrogens is 2. The summed E-state index contributed by atoms with van der Waals surface area (Å²) in [7, 11) is 0. The second kappa shape index (κ2) is 2.70. The van der Waals surface area contributed by atoms with Crippen LogP contribution < -0.4 is 5.43 Å². The van der Waals surface area contributed by atoms with Crippen molar-refractivity contribution in [3.8, 4) is 0 Å². The first-order valence-electron chi connectivity index (χ1n) is 3.58. The van der Waals surface area contributed by atoms with Crippen molar-refractivity contribution >= 4 is 10.9 Å². The van der Waals surface area contributed by atoms with Gasteiger partial charge in [0.25, 0.3) is 0 Å². The maximum absolute atomic E-state index is 11.0. The third-order valence-electron chi connectivity index (χ3n) is 1.58. The molecule has 1 aromatic heterocycles. The van der Waals surface area contributed by atoms with Crippen molar-refractivity contribution in [2.45, 2.75) is 0 Å². The number of benzene rings is 1. The number of nitrogens with zero attached hydrogens (tertiary/aromatic N) is 2. The van der Waals surface area contributed by atoms with E-state index in [4.69, 9.17) is 0 Å². The van der Waals surface area contributed by atoms with Gasteiger partial charge in [-0.1, -0.05) is 18.2 Å². The second-order valence-corrected chi connectivity index (χ2v) is 2.45. The smallest absolute Gasteiger partial charge is 0.199 e.